The summed E-state index contributed by atoms with van der Waals surface area (Å²) in [6.07, 6.45) is 0. The van der Waals surface area contributed by atoms with Gasteiger partial charge in [-0.1, -0.05) is 42.1 Å². The highest BCUT2D eigenvalue weighted by Crippen LogP contribution is 2.40. The van der Waals surface area contributed by atoms with Crippen molar-refractivity contribution in [2.24, 2.45) is 0 Å². The molecule has 5 nitrogen and oxygen atoms in total. The van der Waals surface area contributed by atoms with E-state index in [4.69, 9.17) is 4.74 Å². The SMILES string of the molecule is CCOc1ccc(-c2nnc3n2NC(c2ccccc2)S3)cc1. The quantitative estimate of drug-likeness (QED) is 0.793. The maximum atomic E-state index is 5.48. The molecule has 0 saturated carbocycles. The van der Waals surface area contributed by atoms with Crippen LogP contribution in [-0.2, 0) is 0 Å². The number of nitrogens with one attached hydrogen (secondary N) is 1. The average molecular weight is 324 g/mol. The zero-order chi connectivity index (χ0) is 15.6. The molecule has 0 spiro atoms. The van der Waals surface area contributed by atoms with Crippen molar-refractivity contribution in [2.75, 3.05) is 12.0 Å². The monoisotopic (exact) mass is 324 g/mol. The molecule has 1 aliphatic heterocycles. The molecule has 116 valence electrons. The average Bonchev–Trinajstić information content (AvgIpc) is 3.17. The van der Waals surface area contributed by atoms with Gasteiger partial charge in [0.25, 0.3) is 0 Å². The summed E-state index contributed by atoms with van der Waals surface area (Å²) in [4.78, 5) is 0. The molecule has 0 bridgehead atoms. The fourth-order valence-electron chi connectivity index (χ4n) is 2.54. The summed E-state index contributed by atoms with van der Waals surface area (Å²) in [7, 11) is 0. The van der Waals surface area contributed by atoms with Gasteiger partial charge < -0.3 is 10.2 Å². The Hall–Kier alpha value is -2.47. The Kier molecular flexibility index (Phi) is 3.67. The van der Waals surface area contributed by atoms with Gasteiger partial charge in [0.15, 0.2) is 5.82 Å². The second-order valence-electron chi connectivity index (χ2n) is 5.14. The first-order valence-corrected chi connectivity index (χ1v) is 8.40. The molecule has 0 fully saturated rings. The first-order valence-electron chi connectivity index (χ1n) is 7.52. The minimum Gasteiger partial charge on any atom is -0.494 e. The Bertz CT molecular complexity index is 801. The topological polar surface area (TPSA) is 52.0 Å². The van der Waals surface area contributed by atoms with Crippen molar-refractivity contribution >= 4 is 11.8 Å². The molecule has 3 aromatic rings. The Balaban J connectivity index is 1.60. The summed E-state index contributed by atoms with van der Waals surface area (Å²) in [5.74, 6) is 1.68. The predicted octanol–water partition coefficient (Wildman–Crippen LogP) is 3.69. The molecule has 1 unspecified atom stereocenters. The van der Waals surface area contributed by atoms with Gasteiger partial charge in [0.1, 0.15) is 11.1 Å². The lowest BCUT2D eigenvalue weighted by molar-refractivity contribution is 0.340. The Labute approximate surface area is 138 Å². The fraction of sp³-hybridized carbons (Fsp3) is 0.176. The summed E-state index contributed by atoms with van der Waals surface area (Å²) >= 11 is 1.67. The molecule has 2 heterocycles. The van der Waals surface area contributed by atoms with Crippen LogP contribution in [0.1, 0.15) is 17.9 Å². The molecule has 1 aliphatic rings. The highest BCUT2D eigenvalue weighted by atomic mass is 32.2. The number of aromatic nitrogens is 3. The van der Waals surface area contributed by atoms with Crippen molar-refractivity contribution in [3.8, 4) is 17.1 Å². The van der Waals surface area contributed by atoms with Gasteiger partial charge in [0.2, 0.25) is 5.16 Å². The number of thioether (sulfide) groups is 1. The lowest BCUT2D eigenvalue weighted by Crippen LogP contribution is -2.13. The minimum atomic E-state index is 0.156. The molecular formula is C17H16N4OS. The maximum absolute atomic E-state index is 5.48. The molecule has 1 atom stereocenters. The molecule has 0 aliphatic carbocycles. The van der Waals surface area contributed by atoms with E-state index in [1.54, 1.807) is 11.8 Å². The smallest absolute Gasteiger partial charge is 0.212 e. The molecule has 1 aromatic heterocycles. The number of nitrogens with zero attached hydrogens (tertiary/aromatic N) is 3. The molecule has 0 amide bonds. The highest BCUT2D eigenvalue weighted by molar-refractivity contribution is 7.99. The van der Waals surface area contributed by atoms with E-state index in [1.165, 1.54) is 5.56 Å². The van der Waals surface area contributed by atoms with Gasteiger partial charge in [-0.2, -0.15) is 0 Å². The number of benzene rings is 2. The molecule has 4 rings (SSSR count). The lowest BCUT2D eigenvalue weighted by Gasteiger charge is -2.12. The van der Waals surface area contributed by atoms with Crippen LogP contribution in [0.4, 0.5) is 0 Å². The van der Waals surface area contributed by atoms with E-state index in [-0.39, 0.29) is 5.37 Å². The van der Waals surface area contributed by atoms with Gasteiger partial charge in [0, 0.05) is 5.56 Å². The minimum absolute atomic E-state index is 0.156. The van der Waals surface area contributed by atoms with Crippen LogP contribution < -0.4 is 10.2 Å². The van der Waals surface area contributed by atoms with Crippen LogP contribution >= 0.6 is 11.8 Å². The second kappa shape index (κ2) is 5.96. The van der Waals surface area contributed by atoms with Crippen LogP contribution in [0.3, 0.4) is 0 Å². The molecule has 0 radical (unpaired) electrons. The van der Waals surface area contributed by atoms with Gasteiger partial charge >= 0.3 is 0 Å². The van der Waals surface area contributed by atoms with Crippen LogP contribution in [-0.4, -0.2) is 21.5 Å². The van der Waals surface area contributed by atoms with E-state index < -0.39 is 0 Å². The van der Waals surface area contributed by atoms with E-state index in [2.05, 4.69) is 27.8 Å². The van der Waals surface area contributed by atoms with E-state index in [9.17, 15) is 0 Å². The van der Waals surface area contributed by atoms with Crippen LogP contribution in [0.15, 0.2) is 59.8 Å². The standard InChI is InChI=1S/C17H16N4OS/c1-2-22-14-10-8-12(9-11-14)15-18-19-17-21(15)20-16(23-17)13-6-4-3-5-7-13/h3-11,16,20H,2H2,1H3. The number of ether oxygens (including phenoxy) is 1. The van der Waals surface area contributed by atoms with E-state index in [0.29, 0.717) is 6.61 Å². The van der Waals surface area contributed by atoms with Crippen molar-refractivity contribution in [2.45, 2.75) is 17.5 Å². The summed E-state index contributed by atoms with van der Waals surface area (Å²) in [6.45, 7) is 2.64. The summed E-state index contributed by atoms with van der Waals surface area (Å²) in [5, 5.41) is 9.62. The normalized spacial score (nSPS) is 16.0. The van der Waals surface area contributed by atoms with Crippen molar-refractivity contribution in [3.63, 3.8) is 0 Å². The Morgan fingerprint density at radius 1 is 1.09 bits per heavy atom. The van der Waals surface area contributed by atoms with Crippen molar-refractivity contribution in [1.29, 1.82) is 0 Å². The summed E-state index contributed by atoms with van der Waals surface area (Å²) < 4.78 is 7.44. The highest BCUT2D eigenvalue weighted by Gasteiger charge is 2.27. The summed E-state index contributed by atoms with van der Waals surface area (Å²) in [6, 6.07) is 18.3. The number of fused-ring (bicyclic) bond motifs is 1. The van der Waals surface area contributed by atoms with Gasteiger partial charge in [0.05, 0.1) is 6.61 Å². The van der Waals surface area contributed by atoms with Crippen LogP contribution in [0.25, 0.3) is 11.4 Å². The van der Waals surface area contributed by atoms with Crippen LogP contribution in [0.5, 0.6) is 5.75 Å². The molecule has 1 N–H and O–H groups in total. The van der Waals surface area contributed by atoms with Crippen LogP contribution in [0, 0.1) is 0 Å². The van der Waals surface area contributed by atoms with E-state index >= 15 is 0 Å². The second-order valence-corrected chi connectivity index (χ2v) is 6.21. The number of hydrogen-bond acceptors (Lipinski definition) is 5. The predicted molar refractivity (Wildman–Crippen MR) is 91.0 cm³/mol. The van der Waals surface area contributed by atoms with Gasteiger partial charge in [-0.25, -0.2) is 4.68 Å². The van der Waals surface area contributed by atoms with Crippen molar-refractivity contribution < 1.29 is 4.74 Å². The molecular weight excluding hydrogens is 308 g/mol. The molecule has 23 heavy (non-hydrogen) atoms. The zero-order valence-corrected chi connectivity index (χ0v) is 13.5. The van der Waals surface area contributed by atoms with Gasteiger partial charge in [-0.15, -0.1) is 10.2 Å². The molecule has 6 heteroatoms. The first-order chi connectivity index (χ1) is 11.3. The summed E-state index contributed by atoms with van der Waals surface area (Å²) in [5.41, 5.74) is 5.69. The Morgan fingerprint density at radius 3 is 2.61 bits per heavy atom. The number of rotatable bonds is 4. The maximum Gasteiger partial charge on any atom is 0.212 e. The fourth-order valence-corrected chi connectivity index (χ4v) is 3.53. The van der Waals surface area contributed by atoms with Crippen molar-refractivity contribution in [3.05, 3.63) is 60.2 Å². The van der Waals surface area contributed by atoms with Gasteiger partial charge in [-0.05, 0) is 36.8 Å². The van der Waals surface area contributed by atoms with Crippen LogP contribution in [0.2, 0.25) is 0 Å². The Morgan fingerprint density at radius 2 is 1.87 bits per heavy atom. The molecule has 2 aromatic carbocycles. The largest absolute Gasteiger partial charge is 0.494 e. The van der Waals surface area contributed by atoms with E-state index in [0.717, 1.165) is 22.3 Å². The van der Waals surface area contributed by atoms with E-state index in [1.807, 2.05) is 54.1 Å². The number of hydrogen-bond donors (Lipinski definition) is 1. The third-order valence-corrected chi connectivity index (χ3v) is 4.72. The third-order valence-electron chi connectivity index (χ3n) is 3.63. The first kappa shape index (κ1) is 14.1. The van der Waals surface area contributed by atoms with Crippen molar-refractivity contribution in [1.82, 2.24) is 14.9 Å². The zero-order valence-electron chi connectivity index (χ0n) is 12.6. The molecule has 0 saturated heterocycles. The third kappa shape index (κ3) is 2.66. The van der Waals surface area contributed by atoms with Gasteiger partial charge in [-0.3, -0.25) is 0 Å². The lowest BCUT2D eigenvalue weighted by atomic mass is 10.2.